The first-order valence-corrected chi connectivity index (χ1v) is 8.73. The van der Waals surface area contributed by atoms with Gasteiger partial charge in [0.25, 0.3) is 5.91 Å². The molecule has 1 amide bonds. The molecule has 1 aliphatic heterocycles. The summed E-state index contributed by atoms with van der Waals surface area (Å²) in [6.45, 7) is 0. The van der Waals surface area contributed by atoms with Crippen LogP contribution in [0.1, 0.15) is 33.9 Å². The van der Waals surface area contributed by atoms with Crippen LogP contribution in [0.2, 0.25) is 5.02 Å². The molecule has 1 fully saturated rings. The summed E-state index contributed by atoms with van der Waals surface area (Å²) in [5, 5.41) is 4.62. The van der Waals surface area contributed by atoms with E-state index in [2.05, 4.69) is 26.1 Å². The second kappa shape index (κ2) is 8.77. The molecule has 2 aromatic carbocycles. The smallest absolute Gasteiger partial charge is 0.337 e. The van der Waals surface area contributed by atoms with Crippen LogP contribution in [-0.2, 0) is 9.53 Å². The average molecular weight is 387 g/mol. The van der Waals surface area contributed by atoms with Crippen molar-refractivity contribution in [2.75, 3.05) is 7.11 Å². The van der Waals surface area contributed by atoms with E-state index >= 15 is 0 Å². The van der Waals surface area contributed by atoms with Gasteiger partial charge in [0.05, 0.1) is 18.9 Å². The molecule has 8 heteroatoms. The molecule has 3 N–H and O–H groups in total. The van der Waals surface area contributed by atoms with E-state index < -0.39 is 12.0 Å². The first-order chi connectivity index (χ1) is 13.1. The highest BCUT2D eigenvalue weighted by atomic mass is 35.5. The molecule has 0 spiro atoms. The quantitative estimate of drug-likeness (QED) is 0.416. The minimum Gasteiger partial charge on any atom is -0.465 e. The first kappa shape index (κ1) is 19.0. The van der Waals surface area contributed by atoms with Crippen LogP contribution in [0, 0.1) is 0 Å². The molecule has 2 atom stereocenters. The molecule has 1 saturated heterocycles. The minimum absolute atomic E-state index is 0.0516. The van der Waals surface area contributed by atoms with E-state index in [0.717, 1.165) is 11.1 Å². The topological polar surface area (TPSA) is 91.8 Å². The lowest BCUT2D eigenvalue weighted by molar-refractivity contribution is -0.122. The van der Waals surface area contributed by atoms with Crippen molar-refractivity contribution in [3.8, 4) is 0 Å². The Kier molecular flexibility index (Phi) is 6.18. The Bertz CT molecular complexity index is 854. The average Bonchev–Trinajstić information content (AvgIpc) is 3.18. The number of hydrazine groups is 1. The van der Waals surface area contributed by atoms with Crippen LogP contribution in [0.15, 0.2) is 53.6 Å². The van der Waals surface area contributed by atoms with E-state index in [4.69, 9.17) is 11.6 Å². The predicted molar refractivity (Wildman–Crippen MR) is 102 cm³/mol. The number of hydrogen-bond acceptors (Lipinski definition) is 6. The third-order valence-corrected chi connectivity index (χ3v) is 4.56. The second-order valence-electron chi connectivity index (χ2n) is 6.00. The number of carbonyl (C=O) groups is 2. The summed E-state index contributed by atoms with van der Waals surface area (Å²) in [5.41, 5.74) is 10.7. The number of halogens is 1. The normalized spacial score (nSPS) is 19.2. The van der Waals surface area contributed by atoms with Crippen LogP contribution in [0.3, 0.4) is 0 Å². The maximum atomic E-state index is 12.3. The molecule has 2 aromatic rings. The lowest BCUT2D eigenvalue weighted by Crippen LogP contribution is -2.41. The van der Waals surface area contributed by atoms with Crippen molar-refractivity contribution in [3.63, 3.8) is 0 Å². The maximum Gasteiger partial charge on any atom is 0.337 e. The van der Waals surface area contributed by atoms with Gasteiger partial charge in [-0.3, -0.25) is 4.79 Å². The van der Waals surface area contributed by atoms with Crippen molar-refractivity contribution in [2.45, 2.75) is 18.5 Å². The zero-order valence-electron chi connectivity index (χ0n) is 14.6. The number of esters is 1. The highest BCUT2D eigenvalue weighted by molar-refractivity contribution is 6.31. The SMILES string of the molecule is COC(=O)c1ccc(/C=N/NC(=O)C2CC(c3ccccc3Cl)NN2)cc1. The van der Waals surface area contributed by atoms with Crippen molar-refractivity contribution in [3.05, 3.63) is 70.2 Å². The Morgan fingerprint density at radius 1 is 1.19 bits per heavy atom. The largest absolute Gasteiger partial charge is 0.465 e. The van der Waals surface area contributed by atoms with Crippen LogP contribution in [-0.4, -0.2) is 31.2 Å². The Labute approximate surface area is 161 Å². The van der Waals surface area contributed by atoms with Gasteiger partial charge in [-0.2, -0.15) is 5.10 Å². The maximum absolute atomic E-state index is 12.3. The molecule has 0 radical (unpaired) electrons. The third kappa shape index (κ3) is 4.71. The van der Waals surface area contributed by atoms with Gasteiger partial charge in [0.15, 0.2) is 0 Å². The Morgan fingerprint density at radius 3 is 2.63 bits per heavy atom. The van der Waals surface area contributed by atoms with Gasteiger partial charge in [0.1, 0.15) is 6.04 Å². The molecule has 0 aliphatic carbocycles. The zero-order valence-corrected chi connectivity index (χ0v) is 15.4. The van der Waals surface area contributed by atoms with Crippen LogP contribution < -0.4 is 16.3 Å². The van der Waals surface area contributed by atoms with E-state index in [-0.39, 0.29) is 11.9 Å². The first-order valence-electron chi connectivity index (χ1n) is 8.35. The van der Waals surface area contributed by atoms with Gasteiger partial charge in [-0.1, -0.05) is 41.9 Å². The van der Waals surface area contributed by atoms with Crippen molar-refractivity contribution < 1.29 is 14.3 Å². The molecule has 2 unspecified atom stereocenters. The number of amides is 1. The summed E-state index contributed by atoms with van der Waals surface area (Å²) in [4.78, 5) is 23.6. The molecule has 27 heavy (non-hydrogen) atoms. The van der Waals surface area contributed by atoms with E-state index in [9.17, 15) is 9.59 Å². The van der Waals surface area contributed by atoms with Gasteiger partial charge in [-0.15, -0.1) is 0 Å². The fourth-order valence-electron chi connectivity index (χ4n) is 2.76. The molecule has 0 saturated carbocycles. The summed E-state index contributed by atoms with van der Waals surface area (Å²) in [6, 6.07) is 13.7. The van der Waals surface area contributed by atoms with Gasteiger partial charge in [-0.25, -0.2) is 21.1 Å². The molecule has 140 valence electrons. The van der Waals surface area contributed by atoms with Crippen LogP contribution in [0.5, 0.6) is 0 Å². The van der Waals surface area contributed by atoms with E-state index in [1.807, 2.05) is 24.3 Å². The summed E-state index contributed by atoms with van der Waals surface area (Å²) < 4.78 is 4.64. The van der Waals surface area contributed by atoms with E-state index in [1.165, 1.54) is 13.3 Å². The molecular weight excluding hydrogens is 368 g/mol. The Morgan fingerprint density at radius 2 is 1.93 bits per heavy atom. The molecular formula is C19H19ClN4O3. The van der Waals surface area contributed by atoms with Gasteiger partial charge < -0.3 is 4.74 Å². The van der Waals surface area contributed by atoms with E-state index in [0.29, 0.717) is 17.0 Å². The highest BCUT2D eigenvalue weighted by Crippen LogP contribution is 2.28. The monoisotopic (exact) mass is 386 g/mol. The zero-order chi connectivity index (χ0) is 19.2. The summed E-state index contributed by atoms with van der Waals surface area (Å²) in [5.74, 6) is -0.654. The van der Waals surface area contributed by atoms with Crippen molar-refractivity contribution in [2.24, 2.45) is 5.10 Å². The molecule has 0 bridgehead atoms. The number of methoxy groups -OCH3 is 1. The third-order valence-electron chi connectivity index (χ3n) is 4.22. The highest BCUT2D eigenvalue weighted by Gasteiger charge is 2.30. The number of benzene rings is 2. The van der Waals surface area contributed by atoms with Gasteiger partial charge in [0.2, 0.25) is 0 Å². The molecule has 3 rings (SSSR count). The van der Waals surface area contributed by atoms with Gasteiger partial charge >= 0.3 is 5.97 Å². The molecule has 1 heterocycles. The van der Waals surface area contributed by atoms with E-state index in [1.54, 1.807) is 24.3 Å². The number of nitrogens with zero attached hydrogens (tertiary/aromatic N) is 1. The van der Waals surface area contributed by atoms with Crippen LogP contribution in [0.4, 0.5) is 0 Å². The fourth-order valence-corrected chi connectivity index (χ4v) is 3.03. The van der Waals surface area contributed by atoms with Crippen LogP contribution in [0.25, 0.3) is 0 Å². The molecule has 1 aliphatic rings. The standard InChI is InChI=1S/C19H19ClN4O3/c1-27-19(26)13-8-6-12(7-9-13)11-21-24-18(25)17-10-16(22-23-17)14-4-2-3-5-15(14)20/h2-9,11,16-17,22-23H,10H2,1H3,(H,24,25)/b21-11+. The minimum atomic E-state index is -0.426. The summed E-state index contributed by atoms with van der Waals surface area (Å²) >= 11 is 6.20. The fraction of sp³-hybridized carbons (Fsp3) is 0.211. The predicted octanol–water partition coefficient (Wildman–Crippen LogP) is 2.18. The Hall–Kier alpha value is -2.74. The number of hydrogen-bond donors (Lipinski definition) is 3. The van der Waals surface area contributed by atoms with Gasteiger partial charge in [-0.05, 0) is 35.7 Å². The number of carbonyl (C=O) groups excluding carboxylic acids is 2. The number of ether oxygens (including phenoxy) is 1. The summed E-state index contributed by atoms with van der Waals surface area (Å²) in [7, 11) is 1.33. The second-order valence-corrected chi connectivity index (χ2v) is 6.41. The van der Waals surface area contributed by atoms with Crippen molar-refractivity contribution in [1.29, 1.82) is 0 Å². The molecule has 7 nitrogen and oxygen atoms in total. The van der Waals surface area contributed by atoms with Crippen molar-refractivity contribution in [1.82, 2.24) is 16.3 Å². The number of hydrazone groups is 1. The Balaban J connectivity index is 1.53. The molecule has 0 aromatic heterocycles. The summed E-state index contributed by atoms with van der Waals surface area (Å²) in [6.07, 6.45) is 2.06. The van der Waals surface area contributed by atoms with Crippen LogP contribution >= 0.6 is 11.6 Å². The number of nitrogens with one attached hydrogen (secondary N) is 3. The lowest BCUT2D eigenvalue weighted by Gasteiger charge is -2.11. The number of rotatable bonds is 5. The van der Waals surface area contributed by atoms with Gasteiger partial charge in [0, 0.05) is 11.1 Å². The lowest BCUT2D eigenvalue weighted by atomic mass is 10.0. The van der Waals surface area contributed by atoms with Crippen molar-refractivity contribution >= 4 is 29.7 Å².